The number of phenolic OH excluding ortho intramolecular Hbond substituents is 1. The van der Waals surface area contributed by atoms with Crippen LogP contribution in [0.4, 0.5) is 0 Å². The highest BCUT2D eigenvalue weighted by Crippen LogP contribution is 2.58. The van der Waals surface area contributed by atoms with Gasteiger partial charge in [-0.25, -0.2) is 0 Å². The normalized spacial score (nSPS) is 28.5. The van der Waals surface area contributed by atoms with Gasteiger partial charge in [0, 0.05) is 55.7 Å². The molecular formula is C29H28ClNO10. The van der Waals surface area contributed by atoms with Gasteiger partial charge in [0.15, 0.2) is 0 Å². The van der Waals surface area contributed by atoms with Crippen molar-refractivity contribution in [3.63, 3.8) is 0 Å². The van der Waals surface area contributed by atoms with Gasteiger partial charge in [-0.3, -0.25) is 9.59 Å². The minimum Gasteiger partial charge on any atom is -0.507 e. The highest BCUT2D eigenvalue weighted by atomic mass is 35.5. The molecule has 1 aliphatic heterocycles. The quantitative estimate of drug-likeness (QED) is 0.351. The minimum absolute atomic E-state index is 0.0172. The number of aromatic amines is 1. The molecule has 3 aromatic rings. The number of halogens is 1. The molecule has 4 N–H and O–H groups in total. The molecule has 5 atom stereocenters. The summed E-state index contributed by atoms with van der Waals surface area (Å²) in [4.78, 5) is 29.8. The van der Waals surface area contributed by atoms with E-state index in [1.165, 1.54) is 14.2 Å². The molecular weight excluding hydrogens is 558 g/mol. The number of hydrogen-bond acceptors (Lipinski definition) is 10. The fourth-order valence-electron chi connectivity index (χ4n) is 7.22. The van der Waals surface area contributed by atoms with Gasteiger partial charge in [-0.05, 0) is 18.6 Å². The number of pyridine rings is 1. The van der Waals surface area contributed by atoms with Crippen molar-refractivity contribution in [1.29, 1.82) is 0 Å². The van der Waals surface area contributed by atoms with E-state index in [-0.39, 0.29) is 71.2 Å². The third-order valence-electron chi connectivity index (χ3n) is 9.08. The maximum atomic E-state index is 14.1. The van der Waals surface area contributed by atoms with E-state index in [0.717, 1.165) is 0 Å². The van der Waals surface area contributed by atoms with E-state index in [0.29, 0.717) is 28.1 Å². The molecule has 4 aliphatic rings. The van der Waals surface area contributed by atoms with Crippen LogP contribution < -0.4 is 11.0 Å². The molecule has 0 bridgehead atoms. The lowest BCUT2D eigenvalue weighted by Gasteiger charge is -2.50. The minimum atomic E-state index is -1.06. The fourth-order valence-corrected chi connectivity index (χ4v) is 7.42. The smallest absolute Gasteiger partial charge is 0.259 e. The van der Waals surface area contributed by atoms with Gasteiger partial charge in [0.2, 0.25) is 5.43 Å². The van der Waals surface area contributed by atoms with Gasteiger partial charge in [0.05, 0.1) is 46.3 Å². The number of hydrogen-bond donors (Lipinski definition) is 4. The summed E-state index contributed by atoms with van der Waals surface area (Å²) < 4.78 is 29.2. The molecule has 1 fully saturated rings. The SMILES string of the molecule is CO[C@H]1C[C@@H](O)[C@H](OC)c2oc3c(c(=O)c21)C(O)=C1c2c(cc4c(Cl)c(C)[nH]c(=O)c4c2O)C[C@H]2OCOCC12C3. The Labute approximate surface area is 237 Å². The van der Waals surface area contributed by atoms with Crippen molar-refractivity contribution < 1.29 is 38.7 Å². The highest BCUT2D eigenvalue weighted by molar-refractivity contribution is 6.36. The molecule has 1 unspecified atom stereocenters. The second-order valence-electron chi connectivity index (χ2n) is 11.1. The zero-order valence-corrected chi connectivity index (χ0v) is 23.3. The molecule has 216 valence electrons. The van der Waals surface area contributed by atoms with Crippen LogP contribution in [-0.4, -0.2) is 60.1 Å². The molecule has 3 aliphatic carbocycles. The van der Waals surface area contributed by atoms with Gasteiger partial charge in [-0.15, -0.1) is 0 Å². The second-order valence-corrected chi connectivity index (χ2v) is 11.5. The van der Waals surface area contributed by atoms with Gasteiger partial charge >= 0.3 is 0 Å². The van der Waals surface area contributed by atoms with E-state index in [1.54, 1.807) is 13.0 Å². The van der Waals surface area contributed by atoms with Gasteiger partial charge in [-0.1, -0.05) is 11.6 Å². The van der Waals surface area contributed by atoms with Crippen LogP contribution in [0.2, 0.25) is 5.02 Å². The topological polar surface area (TPSA) is 161 Å². The van der Waals surface area contributed by atoms with Crippen molar-refractivity contribution in [3.8, 4) is 5.75 Å². The molecule has 12 heteroatoms. The molecule has 41 heavy (non-hydrogen) atoms. The maximum Gasteiger partial charge on any atom is 0.259 e. The molecule has 1 saturated heterocycles. The van der Waals surface area contributed by atoms with Crippen molar-refractivity contribution in [2.45, 2.75) is 50.6 Å². The van der Waals surface area contributed by atoms with Crippen LogP contribution in [-0.2, 0) is 31.8 Å². The third kappa shape index (κ3) is 3.44. The van der Waals surface area contributed by atoms with Crippen LogP contribution in [0.15, 0.2) is 20.1 Å². The van der Waals surface area contributed by atoms with Crippen LogP contribution in [0.25, 0.3) is 22.1 Å². The van der Waals surface area contributed by atoms with Crippen LogP contribution in [0.3, 0.4) is 0 Å². The zero-order chi connectivity index (χ0) is 29.0. The summed E-state index contributed by atoms with van der Waals surface area (Å²) in [5.41, 5.74) is -0.509. The number of benzene rings is 1. The van der Waals surface area contributed by atoms with E-state index < -0.39 is 46.6 Å². The summed E-state index contributed by atoms with van der Waals surface area (Å²) in [5, 5.41) is 35.0. The van der Waals surface area contributed by atoms with E-state index in [4.69, 9.17) is 35.0 Å². The number of aromatic nitrogens is 1. The summed E-state index contributed by atoms with van der Waals surface area (Å²) in [7, 11) is 2.84. The first-order valence-electron chi connectivity index (χ1n) is 13.3. The van der Waals surface area contributed by atoms with Gasteiger partial charge in [-0.2, -0.15) is 0 Å². The summed E-state index contributed by atoms with van der Waals surface area (Å²) in [6.07, 6.45) is -2.71. The summed E-state index contributed by atoms with van der Waals surface area (Å²) in [6, 6.07) is 1.73. The molecule has 1 aromatic carbocycles. The number of aliphatic hydroxyl groups excluding tert-OH is 2. The van der Waals surface area contributed by atoms with E-state index in [9.17, 15) is 24.9 Å². The number of nitrogens with one attached hydrogen (secondary N) is 1. The number of aryl methyl sites for hydroxylation is 1. The number of fused-ring (bicyclic) bond motifs is 5. The third-order valence-corrected chi connectivity index (χ3v) is 9.57. The Morgan fingerprint density at radius 2 is 1.95 bits per heavy atom. The lowest BCUT2D eigenvalue weighted by Crippen LogP contribution is -2.53. The van der Waals surface area contributed by atoms with Crippen molar-refractivity contribution >= 4 is 33.7 Å². The Kier molecular flexibility index (Phi) is 5.96. The first kappa shape index (κ1) is 26.7. The van der Waals surface area contributed by atoms with Crippen LogP contribution in [0.1, 0.15) is 58.1 Å². The van der Waals surface area contributed by atoms with Gasteiger partial charge in [0.1, 0.15) is 41.5 Å². The van der Waals surface area contributed by atoms with Crippen LogP contribution >= 0.6 is 11.6 Å². The first-order chi connectivity index (χ1) is 19.6. The summed E-state index contributed by atoms with van der Waals surface area (Å²) in [6.45, 7) is 1.78. The number of aliphatic hydroxyl groups is 2. The number of rotatable bonds is 2. The lowest BCUT2D eigenvalue weighted by atomic mass is 9.60. The molecule has 11 nitrogen and oxygen atoms in total. The standard InChI is InChI=1S/C29H28ClNO10/c1-10-22(30)12-4-11-5-16-29(8-39-9-40-16)7-15-19(25(35)21(29)17(11)23(33)18(12)28(36)31-10)24(34)20-14(37-2)6-13(32)26(38-3)27(20)41-15/h4,13-14,16,26,32-33,35H,5-9H2,1-3H3,(H,31,36)/t13-,14+,16-,26+,29?/m1/s1. The Hall–Kier alpha value is -3.19. The largest absolute Gasteiger partial charge is 0.507 e. The van der Waals surface area contributed by atoms with Crippen LogP contribution in [0.5, 0.6) is 5.75 Å². The number of aromatic hydroxyl groups is 1. The molecule has 1 spiro atoms. The number of methoxy groups -OCH3 is 2. The van der Waals surface area contributed by atoms with Crippen molar-refractivity contribution in [2.75, 3.05) is 27.6 Å². The zero-order valence-electron chi connectivity index (χ0n) is 22.5. The molecule has 3 heterocycles. The van der Waals surface area contributed by atoms with Crippen molar-refractivity contribution in [2.24, 2.45) is 5.41 Å². The predicted molar refractivity (Wildman–Crippen MR) is 146 cm³/mol. The van der Waals surface area contributed by atoms with Crippen molar-refractivity contribution in [1.82, 2.24) is 4.98 Å². The number of phenols is 1. The van der Waals surface area contributed by atoms with E-state index in [1.807, 2.05) is 0 Å². The van der Waals surface area contributed by atoms with Crippen molar-refractivity contribution in [3.05, 3.63) is 71.1 Å². The molecule has 0 radical (unpaired) electrons. The fraction of sp³-hybridized carbons (Fsp3) is 0.448. The van der Waals surface area contributed by atoms with Crippen LogP contribution in [0, 0.1) is 12.3 Å². The molecule has 0 amide bonds. The number of H-pyrrole nitrogens is 1. The molecule has 7 rings (SSSR count). The monoisotopic (exact) mass is 585 g/mol. The van der Waals surface area contributed by atoms with Gasteiger partial charge in [0.25, 0.3) is 5.56 Å². The second kappa shape index (κ2) is 9.15. The Balaban J connectivity index is 1.58. The first-order valence-corrected chi connectivity index (χ1v) is 13.6. The van der Waals surface area contributed by atoms with E-state index in [2.05, 4.69) is 4.98 Å². The predicted octanol–water partition coefficient (Wildman–Crippen LogP) is 3.19. The average molecular weight is 586 g/mol. The lowest BCUT2D eigenvalue weighted by molar-refractivity contribution is -0.193. The summed E-state index contributed by atoms with van der Waals surface area (Å²) >= 11 is 6.54. The Morgan fingerprint density at radius 3 is 2.68 bits per heavy atom. The highest BCUT2D eigenvalue weighted by Gasteiger charge is 2.56. The van der Waals surface area contributed by atoms with E-state index >= 15 is 0 Å². The summed E-state index contributed by atoms with van der Waals surface area (Å²) in [5.74, 6) is -0.429. The molecule has 0 saturated carbocycles. The van der Waals surface area contributed by atoms with Gasteiger partial charge < -0.3 is 43.7 Å². The number of ether oxygens (including phenoxy) is 4. The molecule has 2 aromatic heterocycles. The maximum absolute atomic E-state index is 14.1. The average Bonchev–Trinajstić information content (AvgIpc) is 2.93. The Bertz CT molecular complexity index is 1790. The Morgan fingerprint density at radius 1 is 1.17 bits per heavy atom.